The molecule has 5 aliphatic carbocycles. The van der Waals surface area contributed by atoms with Gasteiger partial charge in [-0.3, -0.25) is 9.59 Å². The van der Waals surface area contributed by atoms with Gasteiger partial charge in [0, 0.05) is 0 Å². The maximum absolute atomic E-state index is 14.5. The number of fused-ring (bicyclic) bond motifs is 6. The number of hydrogen-bond acceptors (Lipinski definition) is 14. The van der Waals surface area contributed by atoms with Gasteiger partial charge in [0.05, 0.1) is 30.1 Å². The molecule has 7 aliphatic rings. The van der Waals surface area contributed by atoms with Gasteiger partial charge in [0.1, 0.15) is 48.8 Å². The molecule has 0 aromatic carbocycles. The molecule has 0 bridgehead atoms. The molecule has 3 saturated carbocycles. The molecule has 0 radical (unpaired) electrons. The number of allylic oxidation sites excluding steroid dienone is 3. The predicted molar refractivity (Wildman–Crippen MR) is 199 cm³/mol. The van der Waals surface area contributed by atoms with Crippen molar-refractivity contribution in [1.29, 1.82) is 0 Å². The number of rotatable bonds is 7. The van der Waals surface area contributed by atoms with E-state index in [1.807, 2.05) is 0 Å². The first-order valence-corrected chi connectivity index (χ1v) is 20.7. The van der Waals surface area contributed by atoms with Crippen LogP contribution in [-0.4, -0.2) is 139 Å². The highest BCUT2D eigenvalue weighted by Gasteiger charge is 2.70. The topological polar surface area (TPSA) is 253 Å². The van der Waals surface area contributed by atoms with E-state index in [-0.39, 0.29) is 22.7 Å². The van der Waals surface area contributed by atoms with Crippen molar-refractivity contribution >= 4 is 11.9 Å². The molecule has 0 aromatic heterocycles. The Balaban J connectivity index is 1.23. The zero-order valence-corrected chi connectivity index (χ0v) is 33.9. The van der Waals surface area contributed by atoms with E-state index in [4.69, 9.17) is 18.9 Å². The summed E-state index contributed by atoms with van der Waals surface area (Å²) in [7, 11) is 0. The molecule has 5 fully saturated rings. The minimum Gasteiger partial charge on any atom is -0.481 e. The number of aliphatic hydroxyl groups excluding tert-OH is 8. The second-order valence-corrected chi connectivity index (χ2v) is 20.0. The largest absolute Gasteiger partial charge is 0.481 e. The first-order valence-electron chi connectivity index (χ1n) is 20.7. The number of aliphatic hydroxyl groups is 8. The van der Waals surface area contributed by atoms with Crippen molar-refractivity contribution in [2.24, 2.45) is 44.3 Å². The lowest BCUT2D eigenvalue weighted by Gasteiger charge is -2.69. The molecule has 57 heavy (non-hydrogen) atoms. The molecule has 18 atom stereocenters. The number of ether oxygens (including phenoxy) is 4. The summed E-state index contributed by atoms with van der Waals surface area (Å²) in [6.45, 7) is 11.5. The van der Waals surface area contributed by atoms with Crippen LogP contribution in [0.15, 0.2) is 23.3 Å². The number of carboxylic acids is 1. The lowest BCUT2D eigenvalue weighted by atomic mass is 9.35. The van der Waals surface area contributed by atoms with Crippen LogP contribution in [-0.2, 0) is 28.5 Å². The Morgan fingerprint density at radius 3 is 1.91 bits per heavy atom. The highest BCUT2D eigenvalue weighted by molar-refractivity contribution is 5.82. The monoisotopic (exact) mass is 808 g/mol. The van der Waals surface area contributed by atoms with Gasteiger partial charge in [-0.2, -0.15) is 0 Å². The molecule has 2 saturated heterocycles. The Bertz CT molecular complexity index is 1640. The van der Waals surface area contributed by atoms with Gasteiger partial charge in [-0.25, -0.2) is 0 Å². The van der Waals surface area contributed by atoms with Crippen LogP contribution in [0.1, 0.15) is 99.3 Å². The highest BCUT2D eigenvalue weighted by Crippen LogP contribution is 2.74. The number of carboxylic acid groups (broad SMARTS) is 1. The molecule has 7 rings (SSSR count). The number of esters is 1. The van der Waals surface area contributed by atoms with E-state index in [1.165, 1.54) is 0 Å². The third-order valence-corrected chi connectivity index (χ3v) is 16.7. The van der Waals surface area contributed by atoms with Gasteiger partial charge < -0.3 is 64.9 Å². The fourth-order valence-corrected chi connectivity index (χ4v) is 12.8. The third kappa shape index (κ3) is 6.23. The zero-order chi connectivity index (χ0) is 41.8. The van der Waals surface area contributed by atoms with Crippen LogP contribution in [0.25, 0.3) is 0 Å². The Morgan fingerprint density at radius 2 is 1.32 bits per heavy atom. The molecule has 0 aromatic rings. The standard InChI is InChI=1S/C42H64O15/c1-37(2)13-15-42(36(53)57-34-32(50)30(48)28(46)23(19-44)55-34)16-14-39(4)20(21(42)17-37)7-8-24-38(3)11-10-26(41(6,35(51)52)25(38)9-12-40(24,39)5)56-33-31(49)29(47)27(45)22(18-43)54-33/h7-8,22-34,43-50H,9-19H2,1-6H3,(H,51,52). The summed E-state index contributed by atoms with van der Waals surface area (Å²) in [5, 5.41) is 93.6. The van der Waals surface area contributed by atoms with Crippen molar-refractivity contribution < 1.29 is 74.5 Å². The van der Waals surface area contributed by atoms with Gasteiger partial charge in [0.2, 0.25) is 6.29 Å². The lowest BCUT2D eigenvalue weighted by molar-refractivity contribution is -0.328. The molecule has 15 heteroatoms. The van der Waals surface area contributed by atoms with E-state index in [0.29, 0.717) is 51.4 Å². The van der Waals surface area contributed by atoms with E-state index < -0.39 is 114 Å². The van der Waals surface area contributed by atoms with Crippen LogP contribution < -0.4 is 0 Å². The third-order valence-electron chi connectivity index (χ3n) is 16.7. The maximum Gasteiger partial charge on any atom is 0.318 e. The summed E-state index contributed by atoms with van der Waals surface area (Å²) < 4.78 is 23.4. The molecule has 15 nitrogen and oxygen atoms in total. The van der Waals surface area contributed by atoms with Gasteiger partial charge in [-0.05, 0) is 109 Å². The molecule has 9 N–H and O–H groups in total. The summed E-state index contributed by atoms with van der Waals surface area (Å²) in [6, 6.07) is 0. The molecule has 322 valence electrons. The van der Waals surface area contributed by atoms with Crippen LogP contribution in [0.4, 0.5) is 0 Å². The average molecular weight is 809 g/mol. The van der Waals surface area contributed by atoms with Gasteiger partial charge >= 0.3 is 11.9 Å². The Hall–Kier alpha value is -2.02. The fraction of sp³-hybridized carbons (Fsp3) is 0.857. The fourth-order valence-electron chi connectivity index (χ4n) is 12.8. The molecular weight excluding hydrogens is 744 g/mol. The summed E-state index contributed by atoms with van der Waals surface area (Å²) in [5.74, 6) is -2.04. The number of carbonyl (C=O) groups is 2. The summed E-state index contributed by atoms with van der Waals surface area (Å²) in [5.41, 5.74) is -1.80. The van der Waals surface area contributed by atoms with Crippen molar-refractivity contribution in [3.05, 3.63) is 23.3 Å². The smallest absolute Gasteiger partial charge is 0.318 e. The van der Waals surface area contributed by atoms with Crippen molar-refractivity contribution in [3.8, 4) is 0 Å². The molecule has 0 spiro atoms. The highest BCUT2D eigenvalue weighted by atomic mass is 16.7. The second-order valence-electron chi connectivity index (χ2n) is 20.0. The van der Waals surface area contributed by atoms with Gasteiger partial charge in [0.25, 0.3) is 0 Å². The van der Waals surface area contributed by atoms with Crippen LogP contribution in [0.3, 0.4) is 0 Å². The van der Waals surface area contributed by atoms with Gasteiger partial charge in [-0.1, -0.05) is 46.8 Å². The van der Waals surface area contributed by atoms with Crippen LogP contribution >= 0.6 is 0 Å². The number of carbonyl (C=O) groups excluding carboxylic acids is 1. The van der Waals surface area contributed by atoms with E-state index in [2.05, 4.69) is 46.8 Å². The van der Waals surface area contributed by atoms with E-state index >= 15 is 0 Å². The van der Waals surface area contributed by atoms with Gasteiger partial charge in [-0.15, -0.1) is 0 Å². The second kappa shape index (κ2) is 14.6. The van der Waals surface area contributed by atoms with E-state index in [9.17, 15) is 55.5 Å². The summed E-state index contributed by atoms with van der Waals surface area (Å²) in [4.78, 5) is 28.0. The minimum absolute atomic E-state index is 0.0600. The lowest BCUT2D eigenvalue weighted by Crippen LogP contribution is -2.66. The van der Waals surface area contributed by atoms with Crippen LogP contribution in [0.5, 0.6) is 0 Å². The van der Waals surface area contributed by atoms with E-state index in [0.717, 1.165) is 17.6 Å². The summed E-state index contributed by atoms with van der Waals surface area (Å²) >= 11 is 0. The Kier molecular flexibility index (Phi) is 11.0. The first kappa shape index (κ1) is 43.1. The number of aliphatic carboxylic acids is 1. The SMILES string of the molecule is CC1(C)CCC2(C(=O)OC3OC(CO)C(O)C(O)C3O)CCC3(C)C(=C2C1)C=CC1C2(C)CCC(OC4OC(CO)C(O)C(O)C4O)C(C)(C(=O)O)C2CCC13C. The zero-order valence-electron chi connectivity index (χ0n) is 33.9. The van der Waals surface area contributed by atoms with Crippen molar-refractivity contribution in [2.45, 2.75) is 167 Å². The van der Waals surface area contributed by atoms with Gasteiger partial charge in [0.15, 0.2) is 6.29 Å². The molecule has 2 heterocycles. The van der Waals surface area contributed by atoms with Crippen molar-refractivity contribution in [1.82, 2.24) is 0 Å². The molecular formula is C42H64O15. The predicted octanol–water partition coefficient (Wildman–Crippen LogP) is 1.30. The minimum atomic E-state index is -1.72. The van der Waals surface area contributed by atoms with Crippen LogP contribution in [0.2, 0.25) is 0 Å². The molecule has 0 amide bonds. The Labute approximate surface area is 333 Å². The first-order chi connectivity index (χ1) is 26.6. The number of hydrogen-bond donors (Lipinski definition) is 9. The summed E-state index contributed by atoms with van der Waals surface area (Å²) in [6.07, 6.45) is -6.74. The van der Waals surface area contributed by atoms with Crippen LogP contribution in [0, 0.1) is 44.3 Å². The molecule has 2 aliphatic heterocycles. The van der Waals surface area contributed by atoms with Crippen molar-refractivity contribution in [2.75, 3.05) is 13.2 Å². The normalized spacial score (nSPS) is 51.9. The Morgan fingerprint density at radius 1 is 0.737 bits per heavy atom. The van der Waals surface area contributed by atoms with E-state index in [1.54, 1.807) is 6.92 Å². The average Bonchev–Trinajstić information content (AvgIpc) is 3.16. The quantitative estimate of drug-likeness (QED) is 0.130. The maximum atomic E-state index is 14.5. The van der Waals surface area contributed by atoms with Crippen molar-refractivity contribution in [3.63, 3.8) is 0 Å². The molecule has 18 unspecified atom stereocenters.